The summed E-state index contributed by atoms with van der Waals surface area (Å²) in [5, 5.41) is 0. The van der Waals surface area contributed by atoms with Crippen molar-refractivity contribution in [1.82, 2.24) is 0 Å². The Morgan fingerprint density at radius 2 is 1.63 bits per heavy atom. The van der Waals surface area contributed by atoms with Gasteiger partial charge in [0, 0.05) is 18.2 Å². The first-order valence-corrected chi connectivity index (χ1v) is 6.21. The van der Waals surface area contributed by atoms with Crippen LogP contribution in [0.4, 0.5) is 11.4 Å². The van der Waals surface area contributed by atoms with Crippen LogP contribution in [-0.2, 0) is 0 Å². The predicted molar refractivity (Wildman–Crippen MR) is 77.3 cm³/mol. The molecule has 0 fully saturated rings. The average Bonchev–Trinajstić information content (AvgIpc) is 2.40. The molecule has 2 aromatic rings. The number of anilines is 2. The van der Waals surface area contributed by atoms with E-state index in [2.05, 4.69) is 0 Å². The lowest BCUT2D eigenvalue weighted by Crippen LogP contribution is -2.06. The third-order valence-electron chi connectivity index (χ3n) is 2.59. The summed E-state index contributed by atoms with van der Waals surface area (Å²) in [4.78, 5) is 0. The Balaban J connectivity index is 1.69. The van der Waals surface area contributed by atoms with Gasteiger partial charge >= 0.3 is 0 Å². The zero-order chi connectivity index (χ0) is 13.5. The van der Waals surface area contributed by atoms with Crippen molar-refractivity contribution in [3.8, 4) is 11.5 Å². The van der Waals surface area contributed by atoms with Crippen molar-refractivity contribution >= 4 is 11.4 Å². The highest BCUT2D eigenvalue weighted by molar-refractivity contribution is 5.51. The van der Waals surface area contributed by atoms with Crippen LogP contribution < -0.4 is 20.9 Å². The van der Waals surface area contributed by atoms with Gasteiger partial charge in [0.2, 0.25) is 0 Å². The van der Waals surface area contributed by atoms with E-state index < -0.39 is 0 Å². The molecular formula is C15H18N2O2. The number of ether oxygens (including phenoxy) is 2. The van der Waals surface area contributed by atoms with E-state index in [0.29, 0.717) is 30.3 Å². The van der Waals surface area contributed by atoms with Crippen molar-refractivity contribution in [2.75, 3.05) is 24.7 Å². The van der Waals surface area contributed by atoms with E-state index in [0.717, 1.165) is 12.2 Å². The molecule has 2 aromatic carbocycles. The number of nitrogen functional groups attached to an aromatic ring is 2. The molecule has 0 aliphatic rings. The van der Waals surface area contributed by atoms with E-state index in [1.54, 1.807) is 6.07 Å². The van der Waals surface area contributed by atoms with Crippen LogP contribution in [0.3, 0.4) is 0 Å². The zero-order valence-electron chi connectivity index (χ0n) is 10.7. The number of benzene rings is 2. The fraction of sp³-hybridized carbons (Fsp3) is 0.200. The number of hydrogen-bond donors (Lipinski definition) is 2. The smallest absolute Gasteiger partial charge is 0.142 e. The second-order valence-corrected chi connectivity index (χ2v) is 4.16. The van der Waals surface area contributed by atoms with Crippen LogP contribution in [0, 0.1) is 0 Å². The molecule has 2 rings (SSSR count). The Morgan fingerprint density at radius 3 is 2.42 bits per heavy atom. The topological polar surface area (TPSA) is 70.5 Å². The lowest BCUT2D eigenvalue weighted by atomic mass is 10.3. The molecule has 100 valence electrons. The number of para-hydroxylation sites is 2. The van der Waals surface area contributed by atoms with Crippen LogP contribution >= 0.6 is 0 Å². The molecule has 0 atom stereocenters. The maximum Gasteiger partial charge on any atom is 0.142 e. The molecule has 0 spiro atoms. The summed E-state index contributed by atoms with van der Waals surface area (Å²) >= 11 is 0. The molecule has 0 bridgehead atoms. The highest BCUT2D eigenvalue weighted by Gasteiger charge is 1.98. The van der Waals surface area contributed by atoms with Gasteiger partial charge < -0.3 is 20.9 Å². The van der Waals surface area contributed by atoms with E-state index >= 15 is 0 Å². The van der Waals surface area contributed by atoms with Gasteiger partial charge in [0.1, 0.15) is 11.5 Å². The van der Waals surface area contributed by atoms with Crippen LogP contribution in [-0.4, -0.2) is 13.2 Å². The summed E-state index contributed by atoms with van der Waals surface area (Å²) in [5.41, 5.74) is 12.8. The fourth-order valence-corrected chi connectivity index (χ4v) is 1.65. The van der Waals surface area contributed by atoms with E-state index in [-0.39, 0.29) is 0 Å². The molecule has 0 saturated carbocycles. The van der Waals surface area contributed by atoms with E-state index in [4.69, 9.17) is 20.9 Å². The largest absolute Gasteiger partial charge is 0.493 e. The van der Waals surface area contributed by atoms with Gasteiger partial charge in [0.25, 0.3) is 0 Å². The first kappa shape index (κ1) is 13.1. The molecule has 19 heavy (non-hydrogen) atoms. The van der Waals surface area contributed by atoms with Gasteiger partial charge in [-0.1, -0.05) is 18.2 Å². The summed E-state index contributed by atoms with van der Waals surface area (Å²) in [5.74, 6) is 1.49. The van der Waals surface area contributed by atoms with Crippen LogP contribution in [0.25, 0.3) is 0 Å². The molecule has 0 aromatic heterocycles. The summed E-state index contributed by atoms with van der Waals surface area (Å²) in [6.45, 7) is 1.15. The monoisotopic (exact) mass is 258 g/mol. The number of hydrogen-bond acceptors (Lipinski definition) is 4. The maximum absolute atomic E-state index is 5.77. The second-order valence-electron chi connectivity index (χ2n) is 4.16. The number of nitrogens with two attached hydrogens (primary N) is 2. The first-order valence-electron chi connectivity index (χ1n) is 6.21. The van der Waals surface area contributed by atoms with E-state index in [9.17, 15) is 0 Å². The van der Waals surface area contributed by atoms with E-state index in [1.807, 2.05) is 42.5 Å². The zero-order valence-corrected chi connectivity index (χ0v) is 10.7. The van der Waals surface area contributed by atoms with Gasteiger partial charge in [0.05, 0.1) is 18.9 Å². The molecular weight excluding hydrogens is 240 g/mol. The molecule has 4 N–H and O–H groups in total. The lowest BCUT2D eigenvalue weighted by molar-refractivity contribution is 0.248. The Morgan fingerprint density at radius 1 is 0.842 bits per heavy atom. The van der Waals surface area contributed by atoms with Crippen LogP contribution in [0.15, 0.2) is 48.5 Å². The standard InChI is InChI=1S/C15H18N2O2/c16-12-5-3-6-13(11-12)18-9-4-10-19-15-8-2-1-7-14(15)17/h1-3,5-8,11H,4,9-10,16-17H2. The van der Waals surface area contributed by atoms with Crippen molar-refractivity contribution < 1.29 is 9.47 Å². The molecule has 0 unspecified atom stereocenters. The fourth-order valence-electron chi connectivity index (χ4n) is 1.65. The van der Waals surface area contributed by atoms with E-state index in [1.165, 1.54) is 0 Å². The average molecular weight is 258 g/mol. The van der Waals surface area contributed by atoms with Crippen molar-refractivity contribution in [3.05, 3.63) is 48.5 Å². The second kappa shape index (κ2) is 6.54. The molecule has 4 heteroatoms. The van der Waals surface area contributed by atoms with Gasteiger partial charge in [-0.15, -0.1) is 0 Å². The molecule has 0 aliphatic carbocycles. The quantitative estimate of drug-likeness (QED) is 0.617. The third-order valence-corrected chi connectivity index (χ3v) is 2.59. The Hall–Kier alpha value is -2.36. The summed E-state index contributed by atoms with van der Waals surface area (Å²) < 4.78 is 11.1. The highest BCUT2D eigenvalue weighted by Crippen LogP contribution is 2.20. The molecule has 4 nitrogen and oxygen atoms in total. The Labute approximate surface area is 112 Å². The highest BCUT2D eigenvalue weighted by atomic mass is 16.5. The van der Waals surface area contributed by atoms with Crippen molar-refractivity contribution in [2.24, 2.45) is 0 Å². The van der Waals surface area contributed by atoms with Gasteiger partial charge in [-0.05, 0) is 24.3 Å². The SMILES string of the molecule is Nc1cccc(OCCCOc2ccccc2N)c1. The van der Waals surface area contributed by atoms with Crippen LogP contribution in [0.2, 0.25) is 0 Å². The Bertz CT molecular complexity index is 529. The Kier molecular flexibility index (Phi) is 4.50. The molecule has 0 heterocycles. The predicted octanol–water partition coefficient (Wildman–Crippen LogP) is 2.70. The van der Waals surface area contributed by atoms with Crippen LogP contribution in [0.5, 0.6) is 11.5 Å². The first-order chi connectivity index (χ1) is 9.25. The minimum absolute atomic E-state index is 0.566. The van der Waals surface area contributed by atoms with Gasteiger partial charge in [0.15, 0.2) is 0 Å². The van der Waals surface area contributed by atoms with Gasteiger partial charge in [-0.2, -0.15) is 0 Å². The summed E-state index contributed by atoms with van der Waals surface area (Å²) in [6, 6.07) is 14.8. The summed E-state index contributed by atoms with van der Waals surface area (Å²) in [6.07, 6.45) is 0.781. The molecule has 0 aliphatic heterocycles. The minimum atomic E-state index is 0.566. The minimum Gasteiger partial charge on any atom is -0.493 e. The molecule has 0 saturated heterocycles. The number of rotatable bonds is 6. The van der Waals surface area contributed by atoms with Gasteiger partial charge in [-0.25, -0.2) is 0 Å². The lowest BCUT2D eigenvalue weighted by Gasteiger charge is -2.09. The summed E-state index contributed by atoms with van der Waals surface area (Å²) in [7, 11) is 0. The molecule has 0 radical (unpaired) electrons. The molecule has 0 amide bonds. The van der Waals surface area contributed by atoms with Crippen molar-refractivity contribution in [1.29, 1.82) is 0 Å². The maximum atomic E-state index is 5.77. The van der Waals surface area contributed by atoms with Crippen molar-refractivity contribution in [3.63, 3.8) is 0 Å². The van der Waals surface area contributed by atoms with Gasteiger partial charge in [-0.3, -0.25) is 0 Å². The third kappa shape index (κ3) is 4.10. The van der Waals surface area contributed by atoms with Crippen LogP contribution in [0.1, 0.15) is 6.42 Å². The van der Waals surface area contributed by atoms with Crippen molar-refractivity contribution in [2.45, 2.75) is 6.42 Å². The normalized spacial score (nSPS) is 10.1.